The lowest BCUT2D eigenvalue weighted by Gasteiger charge is -2.27. The molecule has 0 spiro atoms. The second-order valence-corrected chi connectivity index (χ2v) is 12.1. The van der Waals surface area contributed by atoms with Crippen molar-refractivity contribution in [3.05, 3.63) is 88.3 Å². The largest absolute Gasteiger partial charge is 0.481 e. The van der Waals surface area contributed by atoms with Crippen LogP contribution in [0, 0.1) is 5.82 Å². The summed E-state index contributed by atoms with van der Waals surface area (Å²) in [6.45, 7) is 4.28. The van der Waals surface area contributed by atoms with Crippen molar-refractivity contribution in [3.8, 4) is 16.9 Å². The number of H-pyrrole nitrogens is 1. The average molecular weight is 694 g/mol. The number of aromatic nitrogens is 5. The monoisotopic (exact) mass is 693 g/mol. The van der Waals surface area contributed by atoms with Gasteiger partial charge in [0.1, 0.15) is 18.5 Å². The van der Waals surface area contributed by atoms with E-state index in [9.17, 15) is 22.8 Å². The number of aryl methyl sites for hydroxylation is 2. The van der Waals surface area contributed by atoms with Crippen molar-refractivity contribution >= 4 is 28.8 Å². The molecule has 1 aliphatic rings. The lowest BCUT2D eigenvalue weighted by molar-refractivity contribution is -0.147. The van der Waals surface area contributed by atoms with E-state index in [2.05, 4.69) is 15.0 Å². The van der Waals surface area contributed by atoms with E-state index in [1.165, 1.54) is 6.07 Å². The van der Waals surface area contributed by atoms with E-state index >= 15 is 4.39 Å². The Morgan fingerprint density at radius 3 is 2.44 bits per heavy atom. The first kappa shape index (κ1) is 34.5. The molecule has 0 radical (unpaired) electrons. The number of ether oxygens (including phenoxy) is 1. The van der Waals surface area contributed by atoms with Gasteiger partial charge >= 0.3 is 18.1 Å². The van der Waals surface area contributed by atoms with Crippen LogP contribution >= 0.6 is 0 Å². The van der Waals surface area contributed by atoms with E-state index in [-0.39, 0.29) is 37.5 Å². The summed E-state index contributed by atoms with van der Waals surface area (Å²) < 4.78 is 63.6. The topological polar surface area (TPSA) is 152 Å². The average Bonchev–Trinajstić information content (AvgIpc) is 3.74. The normalized spacial score (nSPS) is 13.8. The molecule has 2 aromatic carbocycles. The third-order valence-corrected chi connectivity index (χ3v) is 8.92. The smallest absolute Gasteiger partial charge is 0.419 e. The number of nitrogens with one attached hydrogen (secondary N) is 1. The second-order valence-electron chi connectivity index (χ2n) is 12.1. The number of aromatic amines is 1. The third kappa shape index (κ3) is 6.64. The van der Waals surface area contributed by atoms with Crippen LogP contribution in [0.15, 0.2) is 48.9 Å². The number of alkyl halides is 3. The highest BCUT2D eigenvalue weighted by atomic mass is 19.4. The molecule has 1 aliphatic heterocycles. The van der Waals surface area contributed by atoms with E-state index in [1.807, 2.05) is 32.0 Å². The quantitative estimate of drug-likeness (QED) is 0.114. The molecule has 1 atom stereocenters. The van der Waals surface area contributed by atoms with Gasteiger partial charge in [-0.1, -0.05) is 32.0 Å². The van der Waals surface area contributed by atoms with Crippen LogP contribution in [0.3, 0.4) is 0 Å². The third-order valence-electron chi connectivity index (χ3n) is 8.92. The zero-order chi connectivity index (χ0) is 35.7. The van der Waals surface area contributed by atoms with Crippen molar-refractivity contribution in [1.29, 1.82) is 0 Å². The van der Waals surface area contributed by atoms with Gasteiger partial charge in [-0.15, -0.1) is 0 Å². The highest BCUT2D eigenvalue weighted by Crippen LogP contribution is 2.41. The number of benzene rings is 2. The van der Waals surface area contributed by atoms with Crippen molar-refractivity contribution in [1.82, 2.24) is 24.7 Å². The summed E-state index contributed by atoms with van der Waals surface area (Å²) in [7, 11) is 0. The molecule has 4 N–H and O–H groups in total. The van der Waals surface area contributed by atoms with Crippen molar-refractivity contribution in [3.63, 3.8) is 0 Å². The number of hydrogen-bond donors (Lipinski definition) is 3. The number of para-hydroxylation sites is 1. The fourth-order valence-electron chi connectivity index (χ4n) is 6.36. The summed E-state index contributed by atoms with van der Waals surface area (Å²) in [6, 6.07) is 7.82. The van der Waals surface area contributed by atoms with E-state index < -0.39 is 35.5 Å². The Morgan fingerprint density at radius 2 is 1.80 bits per heavy atom. The number of fused-ring (bicyclic) bond motifs is 2. The van der Waals surface area contributed by atoms with Gasteiger partial charge in [-0.05, 0) is 42.5 Å². The molecular weight excluding hydrogens is 658 g/mol. The fraction of sp³-hybridized carbons (Fsp3) is 0.343. The van der Waals surface area contributed by atoms with Crippen LogP contribution in [-0.2, 0) is 52.9 Å². The number of carboxylic acids is 1. The Morgan fingerprint density at radius 1 is 1.10 bits per heavy atom. The summed E-state index contributed by atoms with van der Waals surface area (Å²) in [4.78, 5) is 36.3. The molecule has 4 heterocycles. The zero-order valence-corrected chi connectivity index (χ0v) is 27.4. The predicted molar refractivity (Wildman–Crippen MR) is 176 cm³/mol. The highest BCUT2D eigenvalue weighted by molar-refractivity contribution is 5.98. The van der Waals surface area contributed by atoms with Crippen molar-refractivity contribution in [2.45, 2.75) is 71.3 Å². The number of carbonyl (C=O) groups excluding carboxylic acids is 1. The van der Waals surface area contributed by atoms with Crippen LogP contribution in [0.1, 0.15) is 60.2 Å². The van der Waals surface area contributed by atoms with Crippen molar-refractivity contribution in [2.75, 3.05) is 11.4 Å². The minimum atomic E-state index is -4.58. The number of carboxylic acid groups (broad SMARTS) is 1. The predicted octanol–water partition coefficient (Wildman–Crippen LogP) is 5.89. The Kier molecular flexibility index (Phi) is 9.60. The zero-order valence-electron chi connectivity index (χ0n) is 27.4. The molecule has 262 valence electrons. The number of anilines is 1. The van der Waals surface area contributed by atoms with E-state index in [0.717, 1.165) is 29.2 Å². The summed E-state index contributed by atoms with van der Waals surface area (Å²) in [5.74, 6) is -2.41. The second kappa shape index (κ2) is 13.9. The number of nitrogens with zero attached hydrogens (tertiary/aromatic N) is 5. The van der Waals surface area contributed by atoms with Crippen LogP contribution in [-0.4, -0.2) is 54.4 Å². The Bertz CT molecular complexity index is 2030. The van der Waals surface area contributed by atoms with Gasteiger partial charge < -0.3 is 25.5 Å². The maximum Gasteiger partial charge on any atom is 0.419 e. The lowest BCUT2D eigenvalue weighted by atomic mass is 9.95. The molecular formula is C35H35F4N7O4. The molecule has 0 saturated carbocycles. The van der Waals surface area contributed by atoms with Crippen LogP contribution in [0.5, 0.6) is 0 Å². The number of nitrogens with two attached hydrogens (primary N) is 1. The molecule has 0 bridgehead atoms. The summed E-state index contributed by atoms with van der Waals surface area (Å²) in [5, 5.41) is 14.5. The minimum Gasteiger partial charge on any atom is -0.481 e. The summed E-state index contributed by atoms with van der Waals surface area (Å²) >= 11 is 0. The fourth-order valence-corrected chi connectivity index (χ4v) is 6.36. The standard InChI is InChI=1S/C35H35F4N7O4/c1-3-19-6-5-7-20(4-2)31(19)46-32(24-17-45(13-11-27(24)44-46)34-42-15-22(16-43-34)35(37,38)39)29-23-10-12-41-30(23)21(14-25(29)36)18-50-33(49)26(40)8-9-28(47)48/h5-7,10,12,14-16,26,41H,3-4,8-9,11,13,17-18,40H2,1-2H3,(H,47,48)/t26-/m0/s1. The van der Waals surface area contributed by atoms with Gasteiger partial charge in [-0.3, -0.25) is 9.59 Å². The highest BCUT2D eigenvalue weighted by Gasteiger charge is 2.34. The number of hydrogen-bond acceptors (Lipinski definition) is 8. The lowest BCUT2D eigenvalue weighted by Crippen LogP contribution is -2.32. The molecule has 0 fully saturated rings. The Hall–Kier alpha value is -5.31. The van der Waals surface area contributed by atoms with Crippen LogP contribution in [0.2, 0.25) is 0 Å². The van der Waals surface area contributed by atoms with E-state index in [0.29, 0.717) is 59.2 Å². The van der Waals surface area contributed by atoms with Crippen LogP contribution in [0.4, 0.5) is 23.5 Å². The van der Waals surface area contributed by atoms with E-state index in [1.54, 1.807) is 21.8 Å². The first-order valence-electron chi connectivity index (χ1n) is 16.2. The number of aliphatic carboxylic acids is 1. The van der Waals surface area contributed by atoms with E-state index in [4.69, 9.17) is 20.7 Å². The number of rotatable bonds is 11. The first-order chi connectivity index (χ1) is 23.9. The molecule has 0 saturated heterocycles. The van der Waals surface area contributed by atoms with Crippen molar-refractivity contribution in [2.24, 2.45) is 5.73 Å². The van der Waals surface area contributed by atoms with Gasteiger partial charge in [0.05, 0.1) is 28.2 Å². The van der Waals surface area contributed by atoms with Gasteiger partial charge in [-0.25, -0.2) is 19.0 Å². The first-order valence-corrected chi connectivity index (χ1v) is 16.2. The summed E-state index contributed by atoms with van der Waals surface area (Å²) in [5.41, 5.74) is 10.7. The molecule has 0 aliphatic carbocycles. The SMILES string of the molecule is CCc1cccc(CC)c1-n1nc2c(c1-c1c(F)cc(COC(=O)[C@@H](N)CCC(=O)O)c3[nH]ccc13)CN(c1ncc(C(F)(F)F)cn1)CC2. The molecule has 50 heavy (non-hydrogen) atoms. The van der Waals surface area contributed by atoms with Crippen LogP contribution in [0.25, 0.3) is 27.8 Å². The number of carbonyl (C=O) groups is 2. The number of esters is 1. The van der Waals surface area contributed by atoms with Gasteiger partial charge in [0.2, 0.25) is 5.95 Å². The molecule has 15 heteroatoms. The number of halogens is 4. The molecule has 6 rings (SSSR count). The maximum atomic E-state index is 16.7. The molecule has 0 unspecified atom stereocenters. The van der Waals surface area contributed by atoms with Gasteiger partial charge in [-0.2, -0.15) is 18.3 Å². The maximum absolute atomic E-state index is 16.7. The molecule has 5 aromatic rings. The molecule has 3 aromatic heterocycles. The van der Waals surface area contributed by atoms with Gasteiger partial charge in [0, 0.05) is 66.6 Å². The molecule has 0 amide bonds. The minimum absolute atomic E-state index is 0.108. The Labute approximate surface area is 284 Å². The van der Waals surface area contributed by atoms with Crippen molar-refractivity contribution < 1.29 is 37.0 Å². The Balaban J connectivity index is 1.46. The van der Waals surface area contributed by atoms with Gasteiger partial charge in [0.15, 0.2) is 0 Å². The molecule has 11 nitrogen and oxygen atoms in total. The summed E-state index contributed by atoms with van der Waals surface area (Å²) in [6.07, 6.45) is -0.0828. The van der Waals surface area contributed by atoms with Gasteiger partial charge in [0.25, 0.3) is 0 Å². The van der Waals surface area contributed by atoms with Crippen LogP contribution < -0.4 is 10.6 Å².